The van der Waals surface area contributed by atoms with Gasteiger partial charge in [-0.1, -0.05) is 140 Å². The third-order valence-corrected chi connectivity index (χ3v) is 10.7. The van der Waals surface area contributed by atoms with E-state index in [4.69, 9.17) is 15.0 Å². The number of nitrogens with zero attached hydrogens (tertiary/aromatic N) is 4. The maximum Gasteiger partial charge on any atom is 0.164 e. The fraction of sp³-hybridized carbons (Fsp3) is 0. The van der Waals surface area contributed by atoms with E-state index in [0.29, 0.717) is 17.5 Å². The molecule has 3 aromatic heterocycles. The second-order valence-electron chi connectivity index (χ2n) is 12.4. The largest absolute Gasteiger partial charge is 0.308 e. The number of rotatable bonds is 5. The van der Waals surface area contributed by atoms with Crippen LogP contribution in [0.4, 0.5) is 0 Å². The van der Waals surface area contributed by atoms with Gasteiger partial charge in [0.25, 0.3) is 0 Å². The molecule has 7 aromatic carbocycles. The second-order valence-corrected chi connectivity index (χ2v) is 13.5. The number of hydrogen-bond donors (Lipinski definition) is 0. The van der Waals surface area contributed by atoms with Crippen LogP contribution >= 0.6 is 11.3 Å². The smallest absolute Gasteiger partial charge is 0.164 e. The van der Waals surface area contributed by atoms with Crippen LogP contribution in [-0.2, 0) is 0 Å². The van der Waals surface area contributed by atoms with Crippen LogP contribution in [0.2, 0.25) is 0 Å². The molecule has 0 aliphatic carbocycles. The number of benzene rings is 7. The van der Waals surface area contributed by atoms with E-state index in [1.165, 1.54) is 42.3 Å². The Morgan fingerprint density at radius 1 is 0.400 bits per heavy atom. The van der Waals surface area contributed by atoms with Gasteiger partial charge in [0.15, 0.2) is 17.5 Å². The molecule has 10 rings (SSSR count). The van der Waals surface area contributed by atoms with E-state index >= 15 is 0 Å². The Balaban J connectivity index is 1.21. The Bertz CT molecular complexity index is 2820. The lowest BCUT2D eigenvalue weighted by molar-refractivity contribution is 1.08. The SMILES string of the molecule is c1ccc(-c2cccc(-c3nc(-c4ccccc4)nc(-c4cccc5sc6c(-n7c8ccccc8c8ccccc87)cccc6c45)n3)c2)cc1. The Morgan fingerprint density at radius 2 is 0.940 bits per heavy atom. The standard InChI is InChI=1S/C45H28N4S/c1-3-14-29(15-4-1)31-18-11-19-32(28-31)44-46-43(30-16-5-2-6-17-30)47-45(48-44)36-23-13-27-40-41(36)35-22-12-26-39(42(35)50-40)49-37-24-9-7-20-33(37)34-21-8-10-25-38(34)49/h1-28H. The summed E-state index contributed by atoms with van der Waals surface area (Å²) in [7, 11) is 0. The average molecular weight is 657 g/mol. The van der Waals surface area contributed by atoms with Crippen molar-refractivity contribution in [2.75, 3.05) is 0 Å². The van der Waals surface area contributed by atoms with Crippen LogP contribution in [0.25, 0.3) is 93.0 Å². The molecule has 0 aliphatic heterocycles. The number of hydrogen-bond acceptors (Lipinski definition) is 4. The molecule has 3 heterocycles. The van der Waals surface area contributed by atoms with E-state index in [9.17, 15) is 0 Å². The summed E-state index contributed by atoms with van der Waals surface area (Å²) in [6.45, 7) is 0. The van der Waals surface area contributed by atoms with Crippen LogP contribution in [0.1, 0.15) is 0 Å². The average Bonchev–Trinajstić information content (AvgIpc) is 3.75. The van der Waals surface area contributed by atoms with Crippen molar-refractivity contribution < 1.29 is 0 Å². The molecule has 5 heteroatoms. The molecule has 0 amide bonds. The maximum absolute atomic E-state index is 5.20. The van der Waals surface area contributed by atoms with E-state index in [-0.39, 0.29) is 0 Å². The molecule has 0 spiro atoms. The van der Waals surface area contributed by atoms with E-state index in [2.05, 4.69) is 150 Å². The van der Waals surface area contributed by atoms with E-state index in [0.717, 1.165) is 33.2 Å². The molecule has 0 saturated heterocycles. The lowest BCUT2D eigenvalue weighted by Crippen LogP contribution is -2.00. The highest BCUT2D eigenvalue weighted by atomic mass is 32.1. The quantitative estimate of drug-likeness (QED) is 0.185. The Morgan fingerprint density at radius 3 is 1.68 bits per heavy atom. The molecule has 0 radical (unpaired) electrons. The summed E-state index contributed by atoms with van der Waals surface area (Å²) in [5.41, 5.74) is 8.74. The summed E-state index contributed by atoms with van der Waals surface area (Å²) in [5, 5.41) is 4.85. The normalized spacial score (nSPS) is 11.6. The first-order valence-electron chi connectivity index (χ1n) is 16.7. The molecular formula is C45H28N4S. The third-order valence-electron chi connectivity index (χ3n) is 9.46. The summed E-state index contributed by atoms with van der Waals surface area (Å²) >= 11 is 1.82. The van der Waals surface area contributed by atoms with Crippen LogP contribution in [-0.4, -0.2) is 19.5 Å². The predicted molar refractivity (Wildman–Crippen MR) is 209 cm³/mol. The highest BCUT2D eigenvalue weighted by molar-refractivity contribution is 7.26. The van der Waals surface area contributed by atoms with Gasteiger partial charge in [-0.25, -0.2) is 15.0 Å². The van der Waals surface area contributed by atoms with Gasteiger partial charge in [0.1, 0.15) is 0 Å². The minimum absolute atomic E-state index is 0.647. The Kier molecular flexibility index (Phi) is 6.64. The zero-order chi connectivity index (χ0) is 33.0. The lowest BCUT2D eigenvalue weighted by Gasteiger charge is -2.11. The number of aromatic nitrogens is 4. The predicted octanol–water partition coefficient (Wildman–Crippen LogP) is 12.0. The molecular weight excluding hydrogens is 629 g/mol. The number of fused-ring (bicyclic) bond motifs is 6. The van der Waals surface area contributed by atoms with Crippen molar-refractivity contribution in [1.82, 2.24) is 19.5 Å². The van der Waals surface area contributed by atoms with Crippen molar-refractivity contribution in [2.45, 2.75) is 0 Å². The van der Waals surface area contributed by atoms with Gasteiger partial charge < -0.3 is 4.57 Å². The molecule has 0 unspecified atom stereocenters. The lowest BCUT2D eigenvalue weighted by atomic mass is 10.0. The highest BCUT2D eigenvalue weighted by Gasteiger charge is 2.20. The van der Waals surface area contributed by atoms with Crippen LogP contribution in [0.5, 0.6) is 0 Å². The van der Waals surface area contributed by atoms with Gasteiger partial charge in [-0.3, -0.25) is 0 Å². The summed E-state index contributed by atoms with van der Waals surface area (Å²) < 4.78 is 4.84. The van der Waals surface area contributed by atoms with Crippen molar-refractivity contribution >= 4 is 53.3 Å². The van der Waals surface area contributed by atoms with Gasteiger partial charge in [0, 0.05) is 42.9 Å². The zero-order valence-corrected chi connectivity index (χ0v) is 27.7. The first-order chi connectivity index (χ1) is 24.8. The van der Waals surface area contributed by atoms with E-state index in [1.807, 2.05) is 35.6 Å². The van der Waals surface area contributed by atoms with Gasteiger partial charge in [-0.15, -0.1) is 11.3 Å². The second kappa shape index (κ2) is 11.6. The van der Waals surface area contributed by atoms with E-state index < -0.39 is 0 Å². The summed E-state index contributed by atoms with van der Waals surface area (Å²) in [5.74, 6) is 1.96. The molecule has 234 valence electrons. The Hall–Kier alpha value is -6.43. The fourth-order valence-corrected chi connectivity index (χ4v) is 8.42. The van der Waals surface area contributed by atoms with Crippen LogP contribution in [0.3, 0.4) is 0 Å². The van der Waals surface area contributed by atoms with Crippen molar-refractivity contribution in [3.63, 3.8) is 0 Å². The minimum atomic E-state index is 0.647. The molecule has 0 N–H and O–H groups in total. The minimum Gasteiger partial charge on any atom is -0.308 e. The van der Waals surface area contributed by atoms with Gasteiger partial charge in [-0.05, 0) is 41.5 Å². The van der Waals surface area contributed by atoms with Gasteiger partial charge in [-0.2, -0.15) is 0 Å². The zero-order valence-electron chi connectivity index (χ0n) is 26.9. The molecule has 0 saturated carbocycles. The monoisotopic (exact) mass is 656 g/mol. The molecule has 0 atom stereocenters. The fourth-order valence-electron chi connectivity index (χ4n) is 7.19. The summed E-state index contributed by atoms with van der Waals surface area (Å²) in [4.78, 5) is 15.4. The van der Waals surface area contributed by atoms with E-state index in [1.54, 1.807) is 0 Å². The van der Waals surface area contributed by atoms with Crippen LogP contribution < -0.4 is 0 Å². The van der Waals surface area contributed by atoms with Crippen molar-refractivity contribution in [3.8, 4) is 51.0 Å². The first kappa shape index (κ1) is 28.6. The van der Waals surface area contributed by atoms with Crippen molar-refractivity contribution in [3.05, 3.63) is 170 Å². The Labute approximate surface area is 292 Å². The third kappa shape index (κ3) is 4.63. The summed E-state index contributed by atoms with van der Waals surface area (Å²) in [6, 6.07) is 59.6. The molecule has 10 aromatic rings. The number of thiophene rings is 1. The molecule has 0 fully saturated rings. The summed E-state index contributed by atoms with van der Waals surface area (Å²) in [6.07, 6.45) is 0. The van der Waals surface area contributed by atoms with Gasteiger partial charge in [0.05, 0.1) is 21.4 Å². The topological polar surface area (TPSA) is 43.6 Å². The van der Waals surface area contributed by atoms with Gasteiger partial charge in [0.2, 0.25) is 0 Å². The van der Waals surface area contributed by atoms with Crippen molar-refractivity contribution in [1.29, 1.82) is 0 Å². The van der Waals surface area contributed by atoms with Crippen LogP contribution in [0.15, 0.2) is 170 Å². The molecule has 4 nitrogen and oxygen atoms in total. The van der Waals surface area contributed by atoms with Crippen LogP contribution in [0, 0.1) is 0 Å². The molecule has 0 bridgehead atoms. The molecule has 50 heavy (non-hydrogen) atoms. The molecule has 0 aliphatic rings. The highest BCUT2D eigenvalue weighted by Crippen LogP contribution is 2.44. The van der Waals surface area contributed by atoms with Crippen molar-refractivity contribution in [2.24, 2.45) is 0 Å². The number of para-hydroxylation sites is 2. The maximum atomic E-state index is 5.20. The van der Waals surface area contributed by atoms with Gasteiger partial charge >= 0.3 is 0 Å². The first-order valence-corrected chi connectivity index (χ1v) is 17.5.